The number of piperidine rings is 1. The first kappa shape index (κ1) is 18.4. The number of likely N-dealkylation sites (tertiary alicyclic amines) is 1. The quantitative estimate of drug-likeness (QED) is 0.912. The van der Waals surface area contributed by atoms with E-state index in [0.717, 1.165) is 18.5 Å². The van der Waals surface area contributed by atoms with Gasteiger partial charge >= 0.3 is 0 Å². The Balaban J connectivity index is 1.69. The van der Waals surface area contributed by atoms with E-state index in [-0.39, 0.29) is 17.6 Å². The molecule has 0 aliphatic carbocycles. The predicted octanol–water partition coefficient (Wildman–Crippen LogP) is 3.48. The van der Waals surface area contributed by atoms with Gasteiger partial charge in [-0.25, -0.2) is 4.39 Å². The molecule has 0 spiro atoms. The van der Waals surface area contributed by atoms with Crippen LogP contribution in [0.1, 0.15) is 34.9 Å². The Morgan fingerprint density at radius 3 is 2.42 bits per heavy atom. The fourth-order valence-corrected chi connectivity index (χ4v) is 3.47. The van der Waals surface area contributed by atoms with Gasteiger partial charge in [0.2, 0.25) is 0 Å². The first-order valence-corrected chi connectivity index (χ1v) is 8.96. The molecule has 1 amide bonds. The lowest BCUT2D eigenvalue weighted by Crippen LogP contribution is -2.41. The van der Waals surface area contributed by atoms with Crippen molar-refractivity contribution in [1.82, 2.24) is 4.90 Å². The molecule has 1 N–H and O–H groups in total. The fraction of sp³-hybridized carbons (Fsp3) is 0.381. The maximum Gasteiger partial charge on any atom is 0.253 e. The molecule has 1 saturated heterocycles. The Bertz CT molecular complexity index is 744. The standard InChI is InChI=1S/C21H25FN2O2/c1-23(2)19-11-7-16(8-12-19)21(26)24-13-3-4-17(14-24)20(25)15-5-9-18(22)10-6-15/h5-12,17,20,25H,3-4,13-14H2,1-2H3/t17-,20+/m1/s1. The van der Waals surface area contributed by atoms with Gasteiger partial charge in [0.15, 0.2) is 0 Å². The van der Waals surface area contributed by atoms with E-state index in [0.29, 0.717) is 24.2 Å². The molecule has 2 aromatic carbocycles. The first-order valence-electron chi connectivity index (χ1n) is 8.96. The van der Waals surface area contributed by atoms with Gasteiger partial charge in [-0.05, 0) is 54.8 Å². The molecule has 5 heteroatoms. The van der Waals surface area contributed by atoms with Gasteiger partial charge in [0.05, 0.1) is 6.10 Å². The van der Waals surface area contributed by atoms with Crippen LogP contribution in [-0.4, -0.2) is 43.1 Å². The molecule has 0 radical (unpaired) electrons. The third-order valence-electron chi connectivity index (χ3n) is 5.03. The second-order valence-corrected chi connectivity index (χ2v) is 7.09. The highest BCUT2D eigenvalue weighted by Crippen LogP contribution is 2.30. The number of carbonyl (C=O) groups is 1. The summed E-state index contributed by atoms with van der Waals surface area (Å²) in [5, 5.41) is 10.6. The molecule has 138 valence electrons. The predicted molar refractivity (Wildman–Crippen MR) is 101 cm³/mol. The molecule has 1 fully saturated rings. The minimum Gasteiger partial charge on any atom is -0.388 e. The van der Waals surface area contributed by atoms with E-state index < -0.39 is 6.10 Å². The summed E-state index contributed by atoms with van der Waals surface area (Å²) in [4.78, 5) is 16.6. The summed E-state index contributed by atoms with van der Waals surface area (Å²) in [5.41, 5.74) is 2.40. The molecule has 1 aliphatic rings. The molecule has 0 aromatic heterocycles. The minimum atomic E-state index is -0.692. The van der Waals surface area contributed by atoms with Gasteiger partial charge in [0, 0.05) is 44.4 Å². The largest absolute Gasteiger partial charge is 0.388 e. The van der Waals surface area contributed by atoms with Crippen LogP contribution in [0.4, 0.5) is 10.1 Å². The summed E-state index contributed by atoms with van der Waals surface area (Å²) in [6.07, 6.45) is 1.01. The topological polar surface area (TPSA) is 43.8 Å². The maximum atomic E-state index is 13.1. The van der Waals surface area contributed by atoms with Gasteiger partial charge in [-0.2, -0.15) is 0 Å². The molecule has 26 heavy (non-hydrogen) atoms. The highest BCUT2D eigenvalue weighted by Gasteiger charge is 2.29. The Kier molecular flexibility index (Phi) is 5.57. The molecule has 4 nitrogen and oxygen atoms in total. The van der Waals surface area contributed by atoms with Crippen LogP contribution >= 0.6 is 0 Å². The SMILES string of the molecule is CN(C)c1ccc(C(=O)N2CCC[C@@H]([C@@H](O)c3ccc(F)cc3)C2)cc1. The summed E-state index contributed by atoms with van der Waals surface area (Å²) in [6, 6.07) is 13.5. The van der Waals surface area contributed by atoms with E-state index >= 15 is 0 Å². The lowest BCUT2D eigenvalue weighted by molar-refractivity contribution is 0.0401. The van der Waals surface area contributed by atoms with Crippen molar-refractivity contribution in [3.05, 3.63) is 65.5 Å². The number of rotatable bonds is 4. The molecular weight excluding hydrogens is 331 g/mol. The zero-order valence-corrected chi connectivity index (χ0v) is 15.2. The van der Waals surface area contributed by atoms with E-state index in [1.54, 1.807) is 12.1 Å². The molecule has 0 saturated carbocycles. The second-order valence-electron chi connectivity index (χ2n) is 7.09. The molecule has 1 heterocycles. The summed E-state index contributed by atoms with van der Waals surface area (Å²) in [7, 11) is 3.92. The van der Waals surface area contributed by atoms with Crippen LogP contribution in [0.15, 0.2) is 48.5 Å². The zero-order chi connectivity index (χ0) is 18.7. The normalized spacial score (nSPS) is 18.5. The van der Waals surface area contributed by atoms with Crippen molar-refractivity contribution in [1.29, 1.82) is 0 Å². The van der Waals surface area contributed by atoms with E-state index in [1.807, 2.05) is 48.2 Å². The highest BCUT2D eigenvalue weighted by atomic mass is 19.1. The summed E-state index contributed by atoms with van der Waals surface area (Å²) in [5.74, 6) is -0.368. The van der Waals surface area contributed by atoms with E-state index in [4.69, 9.17) is 0 Å². The third kappa shape index (κ3) is 4.05. The van der Waals surface area contributed by atoms with Crippen molar-refractivity contribution < 1.29 is 14.3 Å². The van der Waals surface area contributed by atoms with E-state index in [9.17, 15) is 14.3 Å². The van der Waals surface area contributed by atoms with Gasteiger partial charge in [0.1, 0.15) is 5.82 Å². The van der Waals surface area contributed by atoms with Crippen molar-refractivity contribution in [3.63, 3.8) is 0 Å². The van der Waals surface area contributed by atoms with Gasteiger partial charge in [0.25, 0.3) is 5.91 Å². The molecule has 2 aromatic rings. The number of amides is 1. The number of anilines is 1. The molecule has 0 unspecified atom stereocenters. The second kappa shape index (κ2) is 7.87. The van der Waals surface area contributed by atoms with Crippen molar-refractivity contribution >= 4 is 11.6 Å². The molecule has 3 rings (SSSR count). The Morgan fingerprint density at radius 2 is 1.81 bits per heavy atom. The first-order chi connectivity index (χ1) is 12.5. The van der Waals surface area contributed by atoms with Crippen molar-refractivity contribution in [2.75, 3.05) is 32.1 Å². The average Bonchev–Trinajstić information content (AvgIpc) is 2.67. The zero-order valence-electron chi connectivity index (χ0n) is 15.2. The fourth-order valence-electron chi connectivity index (χ4n) is 3.47. The number of hydrogen-bond donors (Lipinski definition) is 1. The van der Waals surface area contributed by atoms with Crippen LogP contribution in [0.3, 0.4) is 0 Å². The van der Waals surface area contributed by atoms with E-state index in [2.05, 4.69) is 0 Å². The molecule has 2 atom stereocenters. The number of halogens is 1. The van der Waals surface area contributed by atoms with Gasteiger partial charge in [-0.3, -0.25) is 4.79 Å². The Hall–Kier alpha value is -2.40. The van der Waals surface area contributed by atoms with Crippen molar-refractivity contribution in [3.8, 4) is 0 Å². The third-order valence-corrected chi connectivity index (χ3v) is 5.03. The average molecular weight is 356 g/mol. The number of hydrogen-bond acceptors (Lipinski definition) is 3. The van der Waals surface area contributed by atoms with E-state index in [1.165, 1.54) is 12.1 Å². The maximum absolute atomic E-state index is 13.1. The van der Waals surface area contributed by atoms with Crippen LogP contribution in [0.2, 0.25) is 0 Å². The van der Waals surface area contributed by atoms with Crippen LogP contribution in [0.5, 0.6) is 0 Å². The smallest absolute Gasteiger partial charge is 0.253 e. The Morgan fingerprint density at radius 1 is 1.15 bits per heavy atom. The molecule has 1 aliphatic heterocycles. The lowest BCUT2D eigenvalue weighted by atomic mass is 9.88. The monoisotopic (exact) mass is 356 g/mol. The summed E-state index contributed by atoms with van der Waals surface area (Å²) < 4.78 is 13.1. The van der Waals surface area contributed by atoms with Crippen LogP contribution < -0.4 is 4.90 Å². The summed E-state index contributed by atoms with van der Waals surface area (Å²) in [6.45, 7) is 1.20. The van der Waals surface area contributed by atoms with Crippen LogP contribution in [0.25, 0.3) is 0 Å². The number of carbonyl (C=O) groups excluding carboxylic acids is 1. The number of nitrogens with zero attached hydrogens (tertiary/aromatic N) is 2. The van der Waals surface area contributed by atoms with Gasteiger partial charge in [-0.15, -0.1) is 0 Å². The number of aliphatic hydroxyl groups is 1. The minimum absolute atomic E-state index is 0.00804. The molecular formula is C21H25FN2O2. The van der Waals surface area contributed by atoms with Crippen LogP contribution in [0, 0.1) is 11.7 Å². The highest BCUT2D eigenvalue weighted by molar-refractivity contribution is 5.94. The van der Waals surface area contributed by atoms with Crippen molar-refractivity contribution in [2.45, 2.75) is 18.9 Å². The van der Waals surface area contributed by atoms with Crippen molar-refractivity contribution in [2.24, 2.45) is 5.92 Å². The lowest BCUT2D eigenvalue weighted by Gasteiger charge is -2.35. The molecule has 0 bridgehead atoms. The number of benzene rings is 2. The van der Waals surface area contributed by atoms with Gasteiger partial charge in [-0.1, -0.05) is 12.1 Å². The summed E-state index contributed by atoms with van der Waals surface area (Å²) >= 11 is 0. The van der Waals surface area contributed by atoms with Crippen LogP contribution in [-0.2, 0) is 0 Å². The Labute approximate surface area is 153 Å². The van der Waals surface area contributed by atoms with Gasteiger partial charge < -0.3 is 14.9 Å². The number of aliphatic hydroxyl groups excluding tert-OH is 1.